The first kappa shape index (κ1) is 8.20. The summed E-state index contributed by atoms with van der Waals surface area (Å²) < 4.78 is 5.16. The summed E-state index contributed by atoms with van der Waals surface area (Å²) in [6.45, 7) is 1.37. The molecule has 0 radical (unpaired) electrons. The molecule has 76 valence electrons. The quantitative estimate of drug-likeness (QED) is 0.366. The van der Waals surface area contributed by atoms with Gasteiger partial charge in [-0.1, -0.05) is 0 Å². The van der Waals surface area contributed by atoms with Crippen LogP contribution in [0.25, 0.3) is 0 Å². The van der Waals surface area contributed by atoms with Crippen molar-refractivity contribution < 1.29 is 14.5 Å². The summed E-state index contributed by atoms with van der Waals surface area (Å²) in [6.07, 6.45) is 0.733. The van der Waals surface area contributed by atoms with Gasteiger partial charge in [0.25, 0.3) is 0 Å². The van der Waals surface area contributed by atoms with Crippen LogP contribution < -0.4 is 0 Å². The van der Waals surface area contributed by atoms with Gasteiger partial charge in [0, 0.05) is 23.7 Å². The first-order valence-electron chi connectivity index (χ1n) is 4.92. The topological polar surface area (TPSA) is 69.4 Å². The van der Waals surface area contributed by atoms with Gasteiger partial charge >= 0.3 is 5.97 Å². The van der Waals surface area contributed by atoms with E-state index in [2.05, 4.69) is 0 Å². The highest BCUT2D eigenvalue weighted by Crippen LogP contribution is 2.71. The molecule has 0 aromatic rings. The third kappa shape index (κ3) is 0.779. The summed E-state index contributed by atoms with van der Waals surface area (Å²) in [7, 11) is 0. The van der Waals surface area contributed by atoms with Gasteiger partial charge in [-0.25, -0.2) is 0 Å². The molecule has 0 aliphatic heterocycles. The number of hydrogen-bond acceptors (Lipinski definition) is 4. The van der Waals surface area contributed by atoms with Gasteiger partial charge in [0.2, 0.25) is 6.04 Å². The Morgan fingerprint density at radius 1 is 1.43 bits per heavy atom. The predicted molar refractivity (Wildman–Crippen MR) is 44.9 cm³/mol. The highest BCUT2D eigenvalue weighted by molar-refractivity contribution is 5.66. The molecular formula is C9H11NO4. The smallest absolute Gasteiger partial charge is 0.302 e. The van der Waals surface area contributed by atoms with E-state index in [9.17, 15) is 14.9 Å². The fraction of sp³-hybridized carbons (Fsp3) is 0.889. The lowest BCUT2D eigenvalue weighted by Gasteiger charge is -2.15. The first-order valence-corrected chi connectivity index (χ1v) is 4.92. The van der Waals surface area contributed by atoms with Crippen molar-refractivity contribution in [3.05, 3.63) is 10.1 Å². The SMILES string of the molecule is CC(=O)O[C@@H]1C2C3[C@H]2C[C@H]1[C@H]3[N+](=O)[O-]. The second-order valence-electron chi connectivity index (χ2n) is 4.57. The molecule has 0 heterocycles. The molecule has 0 spiro atoms. The third-order valence-electron chi connectivity index (χ3n) is 4.02. The van der Waals surface area contributed by atoms with E-state index in [4.69, 9.17) is 4.74 Å². The van der Waals surface area contributed by atoms with Crippen LogP contribution >= 0.6 is 0 Å². The van der Waals surface area contributed by atoms with E-state index in [1.807, 2.05) is 0 Å². The minimum absolute atomic E-state index is 0.00565. The Labute approximate surface area is 80.6 Å². The molecule has 5 nitrogen and oxygen atoms in total. The molecule has 4 fully saturated rings. The molecule has 0 N–H and O–H groups in total. The van der Waals surface area contributed by atoms with Gasteiger partial charge in [-0.3, -0.25) is 14.9 Å². The van der Waals surface area contributed by atoms with Gasteiger partial charge in [0.15, 0.2) is 0 Å². The van der Waals surface area contributed by atoms with E-state index >= 15 is 0 Å². The summed E-state index contributed by atoms with van der Waals surface area (Å²) in [5.74, 6) is 0.669. The van der Waals surface area contributed by atoms with Crippen LogP contribution in [-0.2, 0) is 9.53 Å². The van der Waals surface area contributed by atoms with Crippen LogP contribution in [0.15, 0.2) is 0 Å². The summed E-state index contributed by atoms with van der Waals surface area (Å²) in [4.78, 5) is 21.4. The summed E-state index contributed by atoms with van der Waals surface area (Å²) in [6, 6.07) is -0.436. The second-order valence-corrected chi connectivity index (χ2v) is 4.57. The standard InChI is InChI=1S/C9H11NO4/c1-3(11)14-9-5-2-4-6(7(4)9)8(5)10(12)13/h4-9H,2H2,1H3/t4-,5+,6?,7?,8-,9+/m1/s1. The van der Waals surface area contributed by atoms with Crippen molar-refractivity contribution in [3.63, 3.8) is 0 Å². The zero-order valence-corrected chi connectivity index (χ0v) is 7.75. The van der Waals surface area contributed by atoms with Crippen molar-refractivity contribution >= 4 is 5.97 Å². The monoisotopic (exact) mass is 197 g/mol. The number of nitro groups is 1. The number of ether oxygens (including phenoxy) is 1. The minimum Gasteiger partial charge on any atom is -0.462 e. The maximum atomic E-state index is 10.8. The molecule has 4 rings (SSSR count). The number of carbonyl (C=O) groups excluding carboxylic acids is 1. The number of esters is 1. The van der Waals surface area contributed by atoms with Crippen LogP contribution in [0.3, 0.4) is 0 Å². The zero-order valence-electron chi connectivity index (χ0n) is 7.75. The average molecular weight is 197 g/mol. The average Bonchev–Trinajstić information content (AvgIpc) is 2.42. The van der Waals surface area contributed by atoms with Gasteiger partial charge in [0.05, 0.1) is 5.92 Å². The normalized spacial score (nSPS) is 51.8. The van der Waals surface area contributed by atoms with Crippen LogP contribution in [0, 0.1) is 33.8 Å². The second kappa shape index (κ2) is 2.27. The van der Waals surface area contributed by atoms with Crippen LogP contribution in [-0.4, -0.2) is 23.0 Å². The van der Waals surface area contributed by atoms with Crippen molar-refractivity contribution in [2.24, 2.45) is 23.7 Å². The Morgan fingerprint density at radius 3 is 2.57 bits per heavy atom. The molecule has 4 bridgehead atoms. The van der Waals surface area contributed by atoms with Crippen molar-refractivity contribution in [1.82, 2.24) is 0 Å². The number of rotatable bonds is 2. The predicted octanol–water partition coefficient (Wildman–Crippen LogP) is 0.459. The lowest BCUT2D eigenvalue weighted by molar-refractivity contribution is -0.531. The van der Waals surface area contributed by atoms with E-state index < -0.39 is 6.04 Å². The van der Waals surface area contributed by atoms with Gasteiger partial charge < -0.3 is 4.74 Å². The third-order valence-corrected chi connectivity index (χ3v) is 4.02. The fourth-order valence-corrected chi connectivity index (χ4v) is 3.69. The van der Waals surface area contributed by atoms with E-state index in [1.165, 1.54) is 6.92 Å². The molecular weight excluding hydrogens is 186 g/mol. The molecule has 5 heteroatoms. The van der Waals surface area contributed by atoms with Gasteiger partial charge in [0.1, 0.15) is 6.10 Å². The molecule has 0 amide bonds. The molecule has 0 saturated heterocycles. The molecule has 2 unspecified atom stereocenters. The lowest BCUT2D eigenvalue weighted by atomic mass is 10.1. The van der Waals surface area contributed by atoms with Crippen LogP contribution in [0.2, 0.25) is 0 Å². The van der Waals surface area contributed by atoms with Crippen molar-refractivity contribution in [3.8, 4) is 0 Å². The maximum absolute atomic E-state index is 10.8. The van der Waals surface area contributed by atoms with E-state index in [1.54, 1.807) is 0 Å². The number of carbonyl (C=O) groups is 1. The van der Waals surface area contributed by atoms with Crippen molar-refractivity contribution in [1.29, 1.82) is 0 Å². The van der Waals surface area contributed by atoms with Crippen LogP contribution in [0.5, 0.6) is 0 Å². The van der Waals surface area contributed by atoms with Gasteiger partial charge in [-0.15, -0.1) is 0 Å². The summed E-state index contributed by atoms with van der Waals surface area (Å²) in [5, 5.41) is 10.8. The molecule has 6 atom stereocenters. The molecule has 4 aliphatic rings. The Balaban J connectivity index is 1.81. The first-order chi connectivity index (χ1) is 6.61. The van der Waals surface area contributed by atoms with Gasteiger partial charge in [-0.2, -0.15) is 0 Å². The molecule has 0 aromatic carbocycles. The highest BCUT2D eigenvalue weighted by Gasteiger charge is 2.79. The van der Waals surface area contributed by atoms with Gasteiger partial charge in [-0.05, 0) is 12.3 Å². The molecule has 4 saturated carbocycles. The van der Waals surface area contributed by atoms with Crippen molar-refractivity contribution in [2.75, 3.05) is 0 Å². The van der Waals surface area contributed by atoms with E-state index in [0.29, 0.717) is 11.8 Å². The van der Waals surface area contributed by atoms with E-state index in [-0.39, 0.29) is 28.8 Å². The summed E-state index contributed by atoms with van der Waals surface area (Å²) >= 11 is 0. The van der Waals surface area contributed by atoms with Crippen molar-refractivity contribution in [2.45, 2.75) is 25.5 Å². The Hall–Kier alpha value is -1.13. The van der Waals surface area contributed by atoms with Crippen LogP contribution in [0.1, 0.15) is 13.3 Å². The Kier molecular flexibility index (Phi) is 1.33. The number of nitrogens with zero attached hydrogens (tertiary/aromatic N) is 1. The van der Waals surface area contributed by atoms with Crippen LogP contribution in [0.4, 0.5) is 0 Å². The fourth-order valence-electron chi connectivity index (χ4n) is 3.69. The Bertz CT molecular complexity index is 329. The molecule has 0 aromatic heterocycles. The number of hydrogen-bond donors (Lipinski definition) is 0. The Morgan fingerprint density at radius 2 is 2.14 bits per heavy atom. The minimum atomic E-state index is -0.436. The summed E-state index contributed by atoms with van der Waals surface area (Å²) in [5.41, 5.74) is 0. The molecule has 14 heavy (non-hydrogen) atoms. The maximum Gasteiger partial charge on any atom is 0.302 e. The van der Waals surface area contributed by atoms with E-state index in [0.717, 1.165) is 6.42 Å². The highest BCUT2D eigenvalue weighted by atomic mass is 16.6. The zero-order chi connectivity index (χ0) is 10.0. The molecule has 4 aliphatic carbocycles. The largest absolute Gasteiger partial charge is 0.462 e. The lowest BCUT2D eigenvalue weighted by Crippen LogP contribution is -2.30.